The van der Waals surface area contributed by atoms with E-state index in [1.807, 2.05) is 60.9 Å². The molecule has 3 aromatic rings. The number of benzene rings is 2. The van der Waals surface area contributed by atoms with Gasteiger partial charge in [0.25, 0.3) is 0 Å². The second kappa shape index (κ2) is 7.36. The number of nitrogens with one attached hydrogen (secondary N) is 1. The zero-order valence-corrected chi connectivity index (χ0v) is 14.8. The number of anilines is 1. The fourth-order valence-electron chi connectivity index (χ4n) is 2.45. The number of aromatic nitrogens is 2. The highest BCUT2D eigenvalue weighted by molar-refractivity contribution is 6.32. The highest BCUT2D eigenvalue weighted by Gasteiger charge is 2.06. The number of imidazole rings is 1. The Kier molecular flexibility index (Phi) is 5.00. The molecule has 0 aliphatic heterocycles. The van der Waals surface area contributed by atoms with Crippen LogP contribution in [0.15, 0.2) is 60.9 Å². The Morgan fingerprint density at radius 2 is 1.96 bits per heavy atom. The molecule has 0 saturated carbocycles. The molecule has 1 aromatic heterocycles. The first-order valence-electron chi connectivity index (χ1n) is 7.89. The summed E-state index contributed by atoms with van der Waals surface area (Å²) < 4.78 is 1.99. The molecule has 0 spiro atoms. The van der Waals surface area contributed by atoms with Gasteiger partial charge in [0.2, 0.25) is 5.91 Å². The SMILES string of the molecule is Cc1ncn(-c2cccc(NC(=O)C=Cc3ccccc3Cl)c2)c1C. The second-order valence-corrected chi connectivity index (χ2v) is 6.09. The third-order valence-electron chi connectivity index (χ3n) is 3.96. The maximum Gasteiger partial charge on any atom is 0.248 e. The van der Waals surface area contributed by atoms with Crippen molar-refractivity contribution in [3.8, 4) is 5.69 Å². The summed E-state index contributed by atoms with van der Waals surface area (Å²) in [5, 5.41) is 3.48. The predicted molar refractivity (Wildman–Crippen MR) is 102 cm³/mol. The summed E-state index contributed by atoms with van der Waals surface area (Å²) in [6.45, 7) is 3.98. The van der Waals surface area contributed by atoms with Crippen LogP contribution in [-0.4, -0.2) is 15.5 Å². The monoisotopic (exact) mass is 351 g/mol. The van der Waals surface area contributed by atoms with Gasteiger partial charge in [-0.25, -0.2) is 4.98 Å². The van der Waals surface area contributed by atoms with Gasteiger partial charge in [-0.05, 0) is 49.8 Å². The second-order valence-electron chi connectivity index (χ2n) is 5.68. The highest BCUT2D eigenvalue weighted by atomic mass is 35.5. The fourth-order valence-corrected chi connectivity index (χ4v) is 2.65. The van der Waals surface area contributed by atoms with Crippen LogP contribution < -0.4 is 5.32 Å². The Morgan fingerprint density at radius 3 is 2.68 bits per heavy atom. The Labute approximate surface area is 151 Å². The molecular formula is C20H18ClN3O. The Morgan fingerprint density at radius 1 is 1.16 bits per heavy atom. The average molecular weight is 352 g/mol. The van der Waals surface area contributed by atoms with E-state index >= 15 is 0 Å². The van der Waals surface area contributed by atoms with Crippen molar-refractivity contribution < 1.29 is 4.79 Å². The lowest BCUT2D eigenvalue weighted by Crippen LogP contribution is -2.08. The molecule has 1 N–H and O–H groups in total. The van der Waals surface area contributed by atoms with E-state index in [4.69, 9.17) is 11.6 Å². The van der Waals surface area contributed by atoms with Gasteiger partial charge >= 0.3 is 0 Å². The number of halogens is 1. The summed E-state index contributed by atoms with van der Waals surface area (Å²) >= 11 is 6.08. The van der Waals surface area contributed by atoms with Gasteiger partial charge < -0.3 is 9.88 Å². The van der Waals surface area contributed by atoms with Gasteiger partial charge in [0, 0.05) is 28.2 Å². The summed E-state index contributed by atoms with van der Waals surface area (Å²) in [6.07, 6.45) is 4.95. The minimum atomic E-state index is -0.212. The van der Waals surface area contributed by atoms with E-state index in [1.54, 1.807) is 18.5 Å². The number of nitrogens with zero attached hydrogens (tertiary/aromatic N) is 2. The van der Waals surface area contributed by atoms with Crippen molar-refractivity contribution in [2.24, 2.45) is 0 Å². The van der Waals surface area contributed by atoms with E-state index < -0.39 is 0 Å². The average Bonchev–Trinajstić information content (AvgIpc) is 2.94. The summed E-state index contributed by atoms with van der Waals surface area (Å²) in [5.41, 5.74) is 4.53. The lowest BCUT2D eigenvalue weighted by molar-refractivity contribution is -0.111. The van der Waals surface area contributed by atoms with Crippen LogP contribution in [-0.2, 0) is 4.79 Å². The topological polar surface area (TPSA) is 46.9 Å². The smallest absolute Gasteiger partial charge is 0.248 e. The Hall–Kier alpha value is -2.85. The fraction of sp³-hybridized carbons (Fsp3) is 0.100. The van der Waals surface area contributed by atoms with Crippen LogP contribution >= 0.6 is 11.6 Å². The molecule has 0 saturated heterocycles. The highest BCUT2D eigenvalue weighted by Crippen LogP contribution is 2.19. The van der Waals surface area contributed by atoms with Crippen molar-refractivity contribution in [1.82, 2.24) is 9.55 Å². The van der Waals surface area contributed by atoms with E-state index in [9.17, 15) is 4.79 Å². The van der Waals surface area contributed by atoms with Gasteiger partial charge in [-0.1, -0.05) is 35.9 Å². The zero-order chi connectivity index (χ0) is 17.8. The van der Waals surface area contributed by atoms with Crippen molar-refractivity contribution in [3.05, 3.63) is 82.9 Å². The number of carbonyl (C=O) groups excluding carboxylic acids is 1. The Balaban J connectivity index is 1.75. The quantitative estimate of drug-likeness (QED) is 0.686. The molecule has 3 rings (SSSR count). The van der Waals surface area contributed by atoms with Crippen LogP contribution in [0.5, 0.6) is 0 Å². The van der Waals surface area contributed by atoms with Crippen molar-refractivity contribution in [3.63, 3.8) is 0 Å². The standard InChI is InChI=1S/C20H18ClN3O/c1-14-15(2)24(13-22-14)18-8-5-7-17(12-18)23-20(25)11-10-16-6-3-4-9-19(16)21/h3-13H,1-2H3,(H,23,25). The number of hydrogen-bond acceptors (Lipinski definition) is 2. The molecule has 0 fully saturated rings. The van der Waals surface area contributed by atoms with Crippen molar-refractivity contribution in [2.75, 3.05) is 5.32 Å². The molecule has 0 radical (unpaired) electrons. The molecule has 5 heteroatoms. The number of carbonyl (C=O) groups is 1. The molecular weight excluding hydrogens is 334 g/mol. The minimum absolute atomic E-state index is 0.212. The van der Waals surface area contributed by atoms with E-state index in [0.29, 0.717) is 5.02 Å². The van der Waals surface area contributed by atoms with E-state index in [1.165, 1.54) is 6.08 Å². The van der Waals surface area contributed by atoms with E-state index in [0.717, 1.165) is 28.3 Å². The third kappa shape index (κ3) is 3.98. The van der Waals surface area contributed by atoms with Crippen LogP contribution in [0.4, 0.5) is 5.69 Å². The molecule has 25 heavy (non-hydrogen) atoms. The third-order valence-corrected chi connectivity index (χ3v) is 4.31. The maximum absolute atomic E-state index is 12.2. The zero-order valence-electron chi connectivity index (χ0n) is 14.0. The summed E-state index contributed by atoms with van der Waals surface area (Å²) in [6, 6.07) is 15.0. The van der Waals surface area contributed by atoms with Gasteiger partial charge in [-0.2, -0.15) is 0 Å². The van der Waals surface area contributed by atoms with Gasteiger partial charge in [-0.15, -0.1) is 0 Å². The van der Waals surface area contributed by atoms with E-state index in [-0.39, 0.29) is 5.91 Å². The van der Waals surface area contributed by atoms with Gasteiger partial charge in [0.05, 0.1) is 12.0 Å². The molecule has 0 atom stereocenters. The molecule has 4 nitrogen and oxygen atoms in total. The van der Waals surface area contributed by atoms with Crippen molar-refractivity contribution in [2.45, 2.75) is 13.8 Å². The van der Waals surface area contributed by atoms with Crippen LogP contribution in [0.25, 0.3) is 11.8 Å². The molecule has 2 aromatic carbocycles. The summed E-state index contributed by atoms with van der Waals surface area (Å²) in [4.78, 5) is 16.5. The number of amides is 1. The molecule has 0 unspecified atom stereocenters. The minimum Gasteiger partial charge on any atom is -0.322 e. The van der Waals surface area contributed by atoms with Crippen LogP contribution in [0, 0.1) is 13.8 Å². The Bertz CT molecular complexity index is 944. The predicted octanol–water partition coefficient (Wildman–Crippen LogP) is 4.79. The number of rotatable bonds is 4. The molecule has 126 valence electrons. The molecule has 1 amide bonds. The normalized spacial score (nSPS) is 11.0. The lowest BCUT2D eigenvalue weighted by atomic mass is 10.2. The van der Waals surface area contributed by atoms with Crippen molar-refractivity contribution >= 4 is 29.3 Å². The van der Waals surface area contributed by atoms with Gasteiger partial charge in [-0.3, -0.25) is 4.79 Å². The van der Waals surface area contributed by atoms with Crippen LogP contribution in [0.1, 0.15) is 17.0 Å². The molecule has 1 heterocycles. The number of aryl methyl sites for hydroxylation is 1. The first-order valence-corrected chi connectivity index (χ1v) is 8.27. The summed E-state index contributed by atoms with van der Waals surface area (Å²) in [7, 11) is 0. The van der Waals surface area contributed by atoms with Crippen molar-refractivity contribution in [1.29, 1.82) is 0 Å². The van der Waals surface area contributed by atoms with E-state index in [2.05, 4.69) is 10.3 Å². The van der Waals surface area contributed by atoms with Gasteiger partial charge in [0.15, 0.2) is 0 Å². The van der Waals surface area contributed by atoms with Gasteiger partial charge in [0.1, 0.15) is 0 Å². The van der Waals surface area contributed by atoms with Crippen LogP contribution in [0.2, 0.25) is 5.02 Å². The maximum atomic E-state index is 12.2. The lowest BCUT2D eigenvalue weighted by Gasteiger charge is -2.08. The first-order chi connectivity index (χ1) is 12.0. The molecule has 0 bridgehead atoms. The van der Waals surface area contributed by atoms with Crippen LogP contribution in [0.3, 0.4) is 0 Å². The molecule has 0 aliphatic rings. The summed E-state index contributed by atoms with van der Waals surface area (Å²) in [5.74, 6) is -0.212. The molecule has 0 aliphatic carbocycles. The largest absolute Gasteiger partial charge is 0.322 e. The number of hydrogen-bond donors (Lipinski definition) is 1. The first kappa shape index (κ1) is 17.0.